The molecule has 0 fully saturated rings. The Morgan fingerprint density at radius 1 is 1.04 bits per heavy atom. The Bertz CT molecular complexity index is 797. The molecule has 0 aliphatic heterocycles. The summed E-state index contributed by atoms with van der Waals surface area (Å²) in [6.45, 7) is 0.389. The molecule has 0 saturated heterocycles. The molecule has 23 heavy (non-hydrogen) atoms. The van der Waals surface area contributed by atoms with Gasteiger partial charge in [0.1, 0.15) is 5.69 Å². The van der Waals surface area contributed by atoms with Crippen LogP contribution in [0.4, 0.5) is 0 Å². The maximum absolute atomic E-state index is 12.3. The molecule has 1 aromatic heterocycles. The molecule has 1 atom stereocenters. The van der Waals surface area contributed by atoms with Crippen LogP contribution < -0.4 is 5.32 Å². The summed E-state index contributed by atoms with van der Waals surface area (Å²) in [7, 11) is 0. The first kappa shape index (κ1) is 15.2. The summed E-state index contributed by atoms with van der Waals surface area (Å²) in [4.78, 5) is 16.5. The lowest BCUT2D eigenvalue weighted by atomic mass is 10.1. The van der Waals surface area contributed by atoms with Crippen LogP contribution in [0.25, 0.3) is 10.8 Å². The van der Waals surface area contributed by atoms with Crippen LogP contribution in [-0.4, -0.2) is 22.5 Å². The summed E-state index contributed by atoms with van der Waals surface area (Å²) < 4.78 is 0. The van der Waals surface area contributed by atoms with Gasteiger partial charge in [-0.1, -0.05) is 54.6 Å². The Morgan fingerprint density at radius 2 is 1.78 bits per heavy atom. The number of hydrogen-bond donors (Lipinski definition) is 2. The summed E-state index contributed by atoms with van der Waals surface area (Å²) in [5.74, 6) is -0.220. The molecule has 0 radical (unpaired) electrons. The lowest BCUT2D eigenvalue weighted by molar-refractivity contribution is 0.0939. The van der Waals surface area contributed by atoms with Crippen LogP contribution in [0.2, 0.25) is 0 Å². The van der Waals surface area contributed by atoms with E-state index in [4.69, 9.17) is 0 Å². The normalized spacial score (nSPS) is 12.0. The molecule has 0 bridgehead atoms. The summed E-state index contributed by atoms with van der Waals surface area (Å²) in [6.07, 6.45) is 1.51. The van der Waals surface area contributed by atoms with Crippen LogP contribution in [0.15, 0.2) is 66.9 Å². The Morgan fingerprint density at radius 3 is 2.61 bits per heavy atom. The average Bonchev–Trinajstić information content (AvgIpc) is 2.61. The number of aliphatic hydroxyl groups excluding tert-OH is 1. The van der Waals surface area contributed by atoms with E-state index < -0.39 is 6.10 Å². The third-order valence-corrected chi connectivity index (χ3v) is 3.78. The number of carbonyl (C=O) groups excluding carboxylic acids is 1. The molecule has 116 valence electrons. The lowest BCUT2D eigenvalue weighted by Crippen LogP contribution is -2.26. The standard InChI is InChI=1S/C19H18N2O2/c22-17(15-7-2-1-3-8-15)11-13-21-19(23)18-16-9-5-4-6-14(16)10-12-20-18/h1-10,12,17,22H,11,13H2,(H,21,23). The van der Waals surface area contributed by atoms with E-state index in [1.165, 1.54) is 0 Å². The van der Waals surface area contributed by atoms with Crippen molar-refractivity contribution in [2.45, 2.75) is 12.5 Å². The number of aliphatic hydroxyl groups is 1. The number of fused-ring (bicyclic) bond motifs is 1. The molecule has 2 N–H and O–H groups in total. The molecule has 0 aliphatic carbocycles. The average molecular weight is 306 g/mol. The van der Waals surface area contributed by atoms with E-state index in [9.17, 15) is 9.90 Å². The van der Waals surface area contributed by atoms with Crippen molar-refractivity contribution in [1.29, 1.82) is 0 Å². The largest absolute Gasteiger partial charge is 0.388 e. The highest BCUT2D eigenvalue weighted by atomic mass is 16.3. The highest BCUT2D eigenvalue weighted by molar-refractivity contribution is 6.05. The van der Waals surface area contributed by atoms with Crippen molar-refractivity contribution in [1.82, 2.24) is 10.3 Å². The van der Waals surface area contributed by atoms with Gasteiger partial charge < -0.3 is 10.4 Å². The summed E-state index contributed by atoms with van der Waals surface area (Å²) in [5, 5.41) is 14.8. The van der Waals surface area contributed by atoms with Gasteiger partial charge >= 0.3 is 0 Å². The van der Waals surface area contributed by atoms with Crippen LogP contribution in [0.3, 0.4) is 0 Å². The van der Waals surface area contributed by atoms with Crippen molar-refractivity contribution in [2.75, 3.05) is 6.54 Å². The van der Waals surface area contributed by atoms with E-state index in [1.807, 2.05) is 60.7 Å². The number of hydrogen-bond acceptors (Lipinski definition) is 3. The maximum atomic E-state index is 12.3. The van der Waals surface area contributed by atoms with Crippen molar-refractivity contribution in [3.63, 3.8) is 0 Å². The van der Waals surface area contributed by atoms with Gasteiger partial charge in [0, 0.05) is 18.1 Å². The first-order chi connectivity index (χ1) is 11.3. The molecule has 3 rings (SSSR count). The zero-order valence-corrected chi connectivity index (χ0v) is 12.6. The topological polar surface area (TPSA) is 62.2 Å². The Kier molecular flexibility index (Phi) is 4.64. The molecule has 2 aromatic carbocycles. The van der Waals surface area contributed by atoms with Crippen molar-refractivity contribution in [2.24, 2.45) is 0 Å². The first-order valence-corrected chi connectivity index (χ1v) is 7.60. The molecule has 1 unspecified atom stereocenters. The van der Waals surface area contributed by atoms with Gasteiger partial charge in [-0.3, -0.25) is 9.78 Å². The van der Waals surface area contributed by atoms with Crippen molar-refractivity contribution in [3.8, 4) is 0 Å². The van der Waals surface area contributed by atoms with Crippen LogP contribution in [0, 0.1) is 0 Å². The van der Waals surface area contributed by atoms with Gasteiger partial charge in [0.05, 0.1) is 6.10 Å². The molecule has 0 spiro atoms. The fraction of sp³-hybridized carbons (Fsp3) is 0.158. The van der Waals surface area contributed by atoms with Gasteiger partial charge in [-0.25, -0.2) is 0 Å². The molecule has 0 saturated carbocycles. The Hall–Kier alpha value is -2.72. The predicted octanol–water partition coefficient (Wildman–Crippen LogP) is 3.09. The van der Waals surface area contributed by atoms with Crippen LogP contribution in [0.5, 0.6) is 0 Å². The minimum absolute atomic E-state index is 0.220. The van der Waals surface area contributed by atoms with Gasteiger partial charge in [-0.15, -0.1) is 0 Å². The van der Waals surface area contributed by atoms with E-state index in [0.29, 0.717) is 18.7 Å². The van der Waals surface area contributed by atoms with Gasteiger partial charge in [-0.2, -0.15) is 0 Å². The molecule has 1 heterocycles. The lowest BCUT2D eigenvalue weighted by Gasteiger charge is -2.12. The summed E-state index contributed by atoms with van der Waals surface area (Å²) in [5.41, 5.74) is 1.27. The summed E-state index contributed by atoms with van der Waals surface area (Å²) >= 11 is 0. The van der Waals surface area contributed by atoms with E-state index in [-0.39, 0.29) is 5.91 Å². The van der Waals surface area contributed by atoms with E-state index >= 15 is 0 Å². The van der Waals surface area contributed by atoms with Crippen LogP contribution in [0.1, 0.15) is 28.6 Å². The second-order valence-corrected chi connectivity index (χ2v) is 5.35. The molecular weight excluding hydrogens is 288 g/mol. The van der Waals surface area contributed by atoms with Gasteiger partial charge in [0.2, 0.25) is 0 Å². The number of carbonyl (C=O) groups is 1. The van der Waals surface area contributed by atoms with Crippen LogP contribution in [-0.2, 0) is 0 Å². The number of nitrogens with one attached hydrogen (secondary N) is 1. The number of nitrogens with zero attached hydrogens (tertiary/aromatic N) is 1. The molecule has 4 heteroatoms. The maximum Gasteiger partial charge on any atom is 0.270 e. The molecule has 4 nitrogen and oxygen atoms in total. The Balaban J connectivity index is 1.63. The molecule has 1 amide bonds. The second kappa shape index (κ2) is 7.03. The summed E-state index contributed by atoms with van der Waals surface area (Å²) in [6, 6.07) is 19.0. The molecule has 0 aliphatic rings. The number of amides is 1. The van der Waals surface area contributed by atoms with Gasteiger partial charge in [0.25, 0.3) is 5.91 Å². The highest BCUT2D eigenvalue weighted by Crippen LogP contribution is 2.17. The number of aromatic nitrogens is 1. The molecular formula is C19H18N2O2. The van der Waals surface area contributed by atoms with E-state index in [2.05, 4.69) is 10.3 Å². The number of pyridine rings is 1. The SMILES string of the molecule is O=C(NCCC(O)c1ccccc1)c1nccc2ccccc12. The van der Waals surface area contributed by atoms with E-state index in [1.54, 1.807) is 6.20 Å². The quantitative estimate of drug-likeness (QED) is 0.761. The zero-order valence-electron chi connectivity index (χ0n) is 12.6. The number of benzene rings is 2. The fourth-order valence-electron chi connectivity index (χ4n) is 2.55. The highest BCUT2D eigenvalue weighted by Gasteiger charge is 2.12. The van der Waals surface area contributed by atoms with E-state index in [0.717, 1.165) is 16.3 Å². The van der Waals surface area contributed by atoms with Crippen molar-refractivity contribution in [3.05, 3.63) is 78.1 Å². The minimum atomic E-state index is -0.586. The zero-order chi connectivity index (χ0) is 16.1. The smallest absolute Gasteiger partial charge is 0.270 e. The van der Waals surface area contributed by atoms with Crippen LogP contribution >= 0.6 is 0 Å². The number of rotatable bonds is 5. The third-order valence-electron chi connectivity index (χ3n) is 3.78. The monoisotopic (exact) mass is 306 g/mol. The minimum Gasteiger partial charge on any atom is -0.388 e. The van der Waals surface area contributed by atoms with Gasteiger partial charge in [0.15, 0.2) is 0 Å². The second-order valence-electron chi connectivity index (χ2n) is 5.35. The van der Waals surface area contributed by atoms with Crippen molar-refractivity contribution < 1.29 is 9.90 Å². The predicted molar refractivity (Wildman–Crippen MR) is 90.1 cm³/mol. The first-order valence-electron chi connectivity index (χ1n) is 7.60. The Labute approximate surface area is 134 Å². The molecule has 3 aromatic rings. The third kappa shape index (κ3) is 3.55. The van der Waals surface area contributed by atoms with Gasteiger partial charge in [-0.05, 0) is 23.4 Å². The fourth-order valence-corrected chi connectivity index (χ4v) is 2.55. The van der Waals surface area contributed by atoms with Crippen molar-refractivity contribution >= 4 is 16.7 Å².